The van der Waals surface area contributed by atoms with Crippen LogP contribution in [0.4, 0.5) is 0 Å². The molecule has 0 aromatic rings. The number of Topliss-reactive ketones (excluding diaryl/α,β-unsaturated/α-hetero) is 8. The molecule has 0 aromatic heterocycles. The van der Waals surface area contributed by atoms with Gasteiger partial charge in [-0.05, 0) is 71.6 Å². The molecule has 0 atom stereocenters. The number of halogens is 1. The second kappa shape index (κ2) is 18.2. The highest BCUT2D eigenvalue weighted by Gasteiger charge is 2.31. The molecule has 0 N–H and O–H groups in total. The third-order valence-corrected chi connectivity index (χ3v) is 8.10. The molecule has 8 nitrogen and oxygen atoms in total. The van der Waals surface area contributed by atoms with Gasteiger partial charge in [0, 0.05) is 30.0 Å². The van der Waals surface area contributed by atoms with E-state index in [-0.39, 0.29) is 103 Å². The van der Waals surface area contributed by atoms with E-state index >= 15 is 0 Å². The minimum Gasteiger partial charge on any atom is -0.300 e. The Morgan fingerprint density at radius 2 is 0.744 bits per heavy atom. The van der Waals surface area contributed by atoms with Gasteiger partial charge in [-0.2, -0.15) is 0 Å². The Hall–Kier alpha value is -2.16. The smallest absolute Gasteiger partial charge is 0.140 e. The van der Waals surface area contributed by atoms with E-state index in [0.29, 0.717) is 44.9 Å². The zero-order valence-corrected chi connectivity index (χ0v) is 25.8. The van der Waals surface area contributed by atoms with Gasteiger partial charge in [-0.1, -0.05) is 29.3 Å². The van der Waals surface area contributed by atoms with Crippen molar-refractivity contribution in [2.45, 2.75) is 135 Å². The lowest BCUT2D eigenvalue weighted by Crippen LogP contribution is -2.26. The molecule has 0 heterocycles. The van der Waals surface area contributed by atoms with Gasteiger partial charge in [-0.15, -0.1) is 0 Å². The van der Waals surface area contributed by atoms with Gasteiger partial charge in [-0.3, -0.25) is 38.4 Å². The van der Waals surface area contributed by atoms with E-state index in [0.717, 1.165) is 0 Å². The van der Waals surface area contributed by atoms with E-state index in [4.69, 9.17) is 0 Å². The van der Waals surface area contributed by atoms with Crippen molar-refractivity contribution in [2.24, 2.45) is 5.41 Å². The molecule has 0 bridgehead atoms. The molecule has 9 heteroatoms. The van der Waals surface area contributed by atoms with Crippen LogP contribution < -0.4 is 0 Å². The van der Waals surface area contributed by atoms with Gasteiger partial charge < -0.3 is 0 Å². The zero-order valence-electron chi connectivity index (χ0n) is 24.3. The second-order valence-corrected chi connectivity index (χ2v) is 13.2. The lowest BCUT2D eigenvalue weighted by Gasteiger charge is -2.33. The largest absolute Gasteiger partial charge is 0.300 e. The van der Waals surface area contributed by atoms with Crippen molar-refractivity contribution in [1.29, 1.82) is 0 Å². The first-order valence-electron chi connectivity index (χ1n) is 13.7. The molecule has 0 fully saturated rings. The topological polar surface area (TPSA) is 137 Å². The lowest BCUT2D eigenvalue weighted by molar-refractivity contribution is -0.128. The molecular formula is C30H45BrO8. The minimum atomic E-state index is -0.554. The van der Waals surface area contributed by atoms with Crippen LogP contribution in [0.1, 0.15) is 131 Å². The van der Waals surface area contributed by atoms with Crippen LogP contribution in [0, 0.1) is 5.41 Å². The van der Waals surface area contributed by atoms with Crippen LogP contribution in [-0.2, 0) is 38.4 Å². The number of carbonyl (C=O) groups excluding carboxylic acids is 8. The lowest BCUT2D eigenvalue weighted by atomic mass is 9.74. The van der Waals surface area contributed by atoms with Crippen molar-refractivity contribution >= 4 is 62.2 Å². The molecule has 0 radical (unpaired) electrons. The van der Waals surface area contributed by atoms with Crippen LogP contribution in [0.25, 0.3) is 0 Å². The molecule has 0 rings (SSSR count). The number of rotatable bonds is 24. The van der Waals surface area contributed by atoms with Crippen molar-refractivity contribution in [1.82, 2.24) is 0 Å². The van der Waals surface area contributed by atoms with Crippen LogP contribution in [0.15, 0.2) is 0 Å². The monoisotopic (exact) mass is 612 g/mol. The van der Waals surface area contributed by atoms with Gasteiger partial charge in [0.2, 0.25) is 0 Å². The molecule has 0 unspecified atom stereocenters. The van der Waals surface area contributed by atoms with E-state index in [1.807, 2.05) is 6.92 Å². The molecule has 0 amide bonds. The van der Waals surface area contributed by atoms with Crippen molar-refractivity contribution in [2.75, 3.05) is 0 Å². The third kappa shape index (κ3) is 19.5. The molecule has 0 aliphatic carbocycles. The Morgan fingerprint density at radius 1 is 0.462 bits per heavy atom. The normalized spacial score (nSPS) is 11.6. The fourth-order valence-electron chi connectivity index (χ4n) is 4.66. The van der Waals surface area contributed by atoms with Gasteiger partial charge >= 0.3 is 0 Å². The van der Waals surface area contributed by atoms with Gasteiger partial charge in [0.25, 0.3) is 0 Å². The Bertz CT molecular complexity index is 795. The summed E-state index contributed by atoms with van der Waals surface area (Å²) in [5.41, 5.74) is -0.387. The maximum absolute atomic E-state index is 12.2. The summed E-state index contributed by atoms with van der Waals surface area (Å²) in [6.07, 6.45) is 4.08. The number of alkyl halides is 1. The summed E-state index contributed by atoms with van der Waals surface area (Å²) in [7, 11) is 0. The van der Waals surface area contributed by atoms with Crippen LogP contribution in [0.3, 0.4) is 0 Å². The summed E-state index contributed by atoms with van der Waals surface area (Å²) < 4.78 is -0.554. The summed E-state index contributed by atoms with van der Waals surface area (Å²) in [5.74, 6) is -1.42. The van der Waals surface area contributed by atoms with Gasteiger partial charge in [-0.25, -0.2) is 0 Å². The summed E-state index contributed by atoms with van der Waals surface area (Å²) in [6, 6.07) is 0. The fraction of sp³-hybridized carbons (Fsp3) is 0.733. The van der Waals surface area contributed by atoms with Gasteiger partial charge in [0.05, 0.1) is 25.7 Å². The molecule has 220 valence electrons. The summed E-state index contributed by atoms with van der Waals surface area (Å²) in [5, 5.41) is 0. The minimum absolute atomic E-state index is 0.119. The first-order chi connectivity index (χ1) is 17.9. The van der Waals surface area contributed by atoms with Gasteiger partial charge in [0.15, 0.2) is 0 Å². The van der Waals surface area contributed by atoms with E-state index in [9.17, 15) is 38.4 Å². The van der Waals surface area contributed by atoms with Crippen molar-refractivity contribution in [3.05, 3.63) is 0 Å². The van der Waals surface area contributed by atoms with E-state index < -0.39 is 4.32 Å². The van der Waals surface area contributed by atoms with E-state index in [1.54, 1.807) is 0 Å². The zero-order chi connectivity index (χ0) is 30.2. The highest BCUT2D eigenvalue weighted by molar-refractivity contribution is 9.10. The van der Waals surface area contributed by atoms with Crippen LogP contribution in [0.2, 0.25) is 0 Å². The van der Waals surface area contributed by atoms with Gasteiger partial charge in [0.1, 0.15) is 46.3 Å². The number of carbonyl (C=O) groups is 8. The molecule has 39 heavy (non-hydrogen) atoms. The Kier molecular flexibility index (Phi) is 17.2. The van der Waals surface area contributed by atoms with Crippen molar-refractivity contribution < 1.29 is 38.4 Å². The second-order valence-electron chi connectivity index (χ2n) is 11.5. The highest BCUT2D eigenvalue weighted by Crippen LogP contribution is 2.40. The average molecular weight is 614 g/mol. The number of ketones is 8. The molecule has 0 saturated heterocycles. The summed E-state index contributed by atoms with van der Waals surface area (Å²) in [4.78, 5) is 94.1. The molecule has 0 aromatic carbocycles. The number of hydrogen-bond donors (Lipinski definition) is 0. The predicted octanol–water partition coefficient (Wildman–Crippen LogP) is 5.61. The molecule has 0 aliphatic heterocycles. The maximum atomic E-state index is 12.2. The summed E-state index contributed by atoms with van der Waals surface area (Å²) in [6.45, 7) is 7.47. The first-order valence-corrected chi connectivity index (χ1v) is 14.5. The van der Waals surface area contributed by atoms with Crippen molar-refractivity contribution in [3.63, 3.8) is 0 Å². The fourth-order valence-corrected chi connectivity index (χ4v) is 5.33. The van der Waals surface area contributed by atoms with E-state index in [2.05, 4.69) is 15.9 Å². The number of hydrogen-bond acceptors (Lipinski definition) is 8. The molecule has 0 aliphatic rings. The first kappa shape index (κ1) is 36.8. The van der Waals surface area contributed by atoms with Crippen molar-refractivity contribution in [3.8, 4) is 0 Å². The Balaban J connectivity index is 5.46. The quantitative estimate of drug-likeness (QED) is 0.101. The van der Waals surface area contributed by atoms with E-state index in [1.165, 1.54) is 27.7 Å². The third-order valence-electron chi connectivity index (χ3n) is 6.91. The summed E-state index contributed by atoms with van der Waals surface area (Å²) >= 11 is 3.76. The molecular weight excluding hydrogens is 568 g/mol. The molecule has 0 spiro atoms. The van der Waals surface area contributed by atoms with Crippen LogP contribution >= 0.6 is 15.9 Å². The molecule has 0 saturated carbocycles. The predicted molar refractivity (Wildman–Crippen MR) is 152 cm³/mol. The standard InChI is InChI=1S/C30H45BrO8/c1-21(32)17-25(36)7-13-29(5,14-8-26(37)18-22(2)33)11-6-12-30(31,15-9-27(38)19-23(3)34)16-10-28(39)20-24(4)35/h6-20H2,1-5H3. The Morgan fingerprint density at radius 3 is 1.03 bits per heavy atom. The maximum Gasteiger partial charge on any atom is 0.140 e. The Labute approximate surface area is 240 Å². The van der Waals surface area contributed by atoms with Crippen LogP contribution in [0.5, 0.6) is 0 Å². The van der Waals surface area contributed by atoms with Crippen LogP contribution in [-0.4, -0.2) is 50.6 Å². The highest BCUT2D eigenvalue weighted by atomic mass is 79.9. The SMILES string of the molecule is CC(=O)CC(=O)CCC(C)(CCCC(Br)(CCC(=O)CC(C)=O)CCC(=O)CC(C)=O)CCC(=O)CC(C)=O. The average Bonchev–Trinajstić information content (AvgIpc) is 2.77.